The highest BCUT2D eigenvalue weighted by atomic mass is 16.3. The number of phenolic OH excluding ortho intramolecular Hbond substituents is 2. The number of rotatable bonds is 8. The van der Waals surface area contributed by atoms with E-state index in [0.29, 0.717) is 26.2 Å². The first-order valence-electron chi connectivity index (χ1n) is 13.7. The first-order chi connectivity index (χ1) is 19.5. The van der Waals surface area contributed by atoms with E-state index in [1.165, 1.54) is 0 Å². The number of amides is 2. The van der Waals surface area contributed by atoms with Crippen LogP contribution in [0.4, 0.5) is 0 Å². The van der Waals surface area contributed by atoms with Crippen LogP contribution in [0.1, 0.15) is 46.9 Å². The minimum atomic E-state index is -0.264. The molecule has 40 heavy (non-hydrogen) atoms. The van der Waals surface area contributed by atoms with E-state index in [0.717, 1.165) is 22.3 Å². The number of phenols is 2. The monoisotopic (exact) mass is 534 g/mol. The Kier molecular flexibility index (Phi) is 8.45. The normalized spacial score (nSPS) is 14.9. The molecular formula is C34H34N2O4. The second-order valence-electron chi connectivity index (χ2n) is 10.2. The van der Waals surface area contributed by atoms with Gasteiger partial charge in [0.15, 0.2) is 0 Å². The third-order valence-electron chi connectivity index (χ3n) is 7.77. The first kappa shape index (κ1) is 27.0. The van der Waals surface area contributed by atoms with Gasteiger partial charge in [-0.2, -0.15) is 0 Å². The molecule has 4 aromatic carbocycles. The number of aromatic hydroxyl groups is 2. The summed E-state index contributed by atoms with van der Waals surface area (Å²) < 4.78 is 0. The molecule has 2 N–H and O–H groups in total. The lowest BCUT2D eigenvalue weighted by Crippen LogP contribution is -2.51. The first-order valence-corrected chi connectivity index (χ1v) is 13.7. The molecule has 1 saturated heterocycles. The van der Waals surface area contributed by atoms with Crippen molar-refractivity contribution in [2.24, 2.45) is 0 Å². The molecule has 2 amide bonds. The van der Waals surface area contributed by atoms with Crippen molar-refractivity contribution < 1.29 is 19.8 Å². The van der Waals surface area contributed by atoms with Gasteiger partial charge in [0.25, 0.3) is 0 Å². The minimum Gasteiger partial charge on any atom is -0.508 e. The molecular weight excluding hydrogens is 500 g/mol. The van der Waals surface area contributed by atoms with E-state index in [-0.39, 0.29) is 48.0 Å². The standard InChI is InChI=1S/C34H34N2O4/c37-31-17-9-7-15-27(31)29(25-11-3-1-4-12-25)23-33(39)35-19-21-36(22-20-35)34(40)24-30(26-13-5-2-6-14-26)28-16-8-10-18-32(28)38/h1-18,29-30,37-38H,19-24H2/t29-,30-/m0/s1. The van der Waals surface area contributed by atoms with Crippen molar-refractivity contribution in [3.05, 3.63) is 131 Å². The summed E-state index contributed by atoms with van der Waals surface area (Å²) in [6.45, 7) is 1.83. The van der Waals surface area contributed by atoms with Gasteiger partial charge in [-0.05, 0) is 23.3 Å². The molecule has 0 spiro atoms. The third-order valence-corrected chi connectivity index (χ3v) is 7.77. The average molecular weight is 535 g/mol. The molecule has 1 fully saturated rings. The van der Waals surface area contributed by atoms with Crippen LogP contribution in [0.2, 0.25) is 0 Å². The van der Waals surface area contributed by atoms with E-state index < -0.39 is 0 Å². The lowest BCUT2D eigenvalue weighted by Gasteiger charge is -2.36. The Morgan fingerprint density at radius 1 is 0.525 bits per heavy atom. The van der Waals surface area contributed by atoms with E-state index in [2.05, 4.69) is 0 Å². The number of nitrogens with zero attached hydrogens (tertiary/aromatic N) is 2. The number of piperazine rings is 1. The summed E-state index contributed by atoms with van der Waals surface area (Å²) in [5.41, 5.74) is 3.41. The van der Waals surface area contributed by atoms with Crippen molar-refractivity contribution in [1.82, 2.24) is 9.80 Å². The summed E-state index contributed by atoms with van der Waals surface area (Å²) in [6, 6.07) is 33.9. The van der Waals surface area contributed by atoms with Gasteiger partial charge in [0, 0.05) is 62.0 Å². The fourth-order valence-electron chi connectivity index (χ4n) is 5.56. The van der Waals surface area contributed by atoms with Gasteiger partial charge in [0.05, 0.1) is 0 Å². The third kappa shape index (κ3) is 6.18. The summed E-state index contributed by atoms with van der Waals surface area (Å²) in [6.07, 6.45) is 0.470. The summed E-state index contributed by atoms with van der Waals surface area (Å²) in [4.78, 5) is 30.5. The summed E-state index contributed by atoms with van der Waals surface area (Å²) in [5, 5.41) is 21.1. The Balaban J connectivity index is 1.25. The van der Waals surface area contributed by atoms with Gasteiger partial charge in [-0.3, -0.25) is 9.59 Å². The Hall–Kier alpha value is -4.58. The van der Waals surface area contributed by atoms with Crippen LogP contribution in [0.3, 0.4) is 0 Å². The summed E-state index contributed by atoms with van der Waals surface area (Å²) in [7, 11) is 0. The molecule has 6 heteroatoms. The SMILES string of the molecule is O=C(C[C@@H](c1ccccc1)c1ccccc1O)N1CCN(C(=O)C[C@@H](c2ccccc2)c2ccccc2O)CC1. The fraction of sp³-hybridized carbons (Fsp3) is 0.235. The number of hydrogen-bond acceptors (Lipinski definition) is 4. The highest BCUT2D eigenvalue weighted by Gasteiger charge is 2.30. The molecule has 0 saturated carbocycles. The van der Waals surface area contributed by atoms with Crippen LogP contribution < -0.4 is 0 Å². The molecule has 0 bridgehead atoms. The van der Waals surface area contributed by atoms with Crippen LogP contribution in [0, 0.1) is 0 Å². The van der Waals surface area contributed by atoms with Crippen molar-refractivity contribution in [1.29, 1.82) is 0 Å². The molecule has 6 nitrogen and oxygen atoms in total. The fourth-order valence-corrected chi connectivity index (χ4v) is 5.56. The molecule has 1 aliphatic heterocycles. The molecule has 1 heterocycles. The molecule has 5 rings (SSSR count). The van der Waals surface area contributed by atoms with E-state index >= 15 is 0 Å². The number of benzene rings is 4. The topological polar surface area (TPSA) is 81.1 Å². The van der Waals surface area contributed by atoms with Crippen LogP contribution >= 0.6 is 0 Å². The second kappa shape index (κ2) is 12.5. The molecule has 0 radical (unpaired) electrons. The molecule has 1 aliphatic rings. The molecule has 0 aromatic heterocycles. The second-order valence-corrected chi connectivity index (χ2v) is 10.2. The lowest BCUT2D eigenvalue weighted by atomic mass is 9.87. The maximum absolute atomic E-state index is 13.4. The molecule has 204 valence electrons. The van der Waals surface area contributed by atoms with Crippen molar-refractivity contribution in [2.45, 2.75) is 24.7 Å². The van der Waals surface area contributed by atoms with E-state index in [1.54, 1.807) is 24.3 Å². The zero-order valence-corrected chi connectivity index (χ0v) is 22.4. The highest BCUT2D eigenvalue weighted by Crippen LogP contribution is 2.35. The van der Waals surface area contributed by atoms with Gasteiger partial charge in [-0.1, -0.05) is 97.1 Å². The molecule has 0 aliphatic carbocycles. The molecule has 4 aromatic rings. The maximum Gasteiger partial charge on any atom is 0.223 e. The van der Waals surface area contributed by atoms with E-state index in [1.807, 2.05) is 94.7 Å². The Morgan fingerprint density at radius 2 is 0.850 bits per heavy atom. The molecule has 2 atom stereocenters. The van der Waals surface area contributed by atoms with E-state index in [9.17, 15) is 19.8 Å². The van der Waals surface area contributed by atoms with Crippen LogP contribution in [0.15, 0.2) is 109 Å². The van der Waals surface area contributed by atoms with Crippen molar-refractivity contribution in [3.8, 4) is 11.5 Å². The lowest BCUT2D eigenvalue weighted by molar-refractivity contribution is -0.139. The predicted octanol–water partition coefficient (Wildman–Crippen LogP) is 5.51. The maximum atomic E-state index is 13.4. The van der Waals surface area contributed by atoms with Crippen LogP contribution in [0.5, 0.6) is 11.5 Å². The number of hydrogen-bond donors (Lipinski definition) is 2. The minimum absolute atomic E-state index is 0.000532. The van der Waals surface area contributed by atoms with E-state index in [4.69, 9.17) is 0 Å². The van der Waals surface area contributed by atoms with Crippen LogP contribution in [-0.4, -0.2) is 58.0 Å². The average Bonchev–Trinajstić information content (AvgIpc) is 3.00. The Bertz CT molecular complexity index is 1320. The van der Waals surface area contributed by atoms with Gasteiger partial charge < -0.3 is 20.0 Å². The Labute approximate surface area is 235 Å². The van der Waals surface area contributed by atoms with Crippen molar-refractivity contribution >= 4 is 11.8 Å². The predicted molar refractivity (Wildman–Crippen MR) is 155 cm³/mol. The highest BCUT2D eigenvalue weighted by molar-refractivity contribution is 5.80. The Morgan fingerprint density at radius 3 is 1.20 bits per heavy atom. The quantitative estimate of drug-likeness (QED) is 0.312. The van der Waals surface area contributed by atoms with Gasteiger partial charge in [-0.15, -0.1) is 0 Å². The van der Waals surface area contributed by atoms with Gasteiger partial charge in [0.1, 0.15) is 11.5 Å². The molecule has 0 unspecified atom stereocenters. The van der Waals surface area contributed by atoms with Gasteiger partial charge >= 0.3 is 0 Å². The zero-order chi connectivity index (χ0) is 27.9. The number of carbonyl (C=O) groups excluding carboxylic acids is 2. The summed E-state index contributed by atoms with van der Waals surface area (Å²) >= 11 is 0. The number of carbonyl (C=O) groups is 2. The smallest absolute Gasteiger partial charge is 0.223 e. The van der Waals surface area contributed by atoms with Crippen molar-refractivity contribution in [2.75, 3.05) is 26.2 Å². The van der Waals surface area contributed by atoms with Gasteiger partial charge in [0.2, 0.25) is 11.8 Å². The van der Waals surface area contributed by atoms with Crippen LogP contribution in [-0.2, 0) is 9.59 Å². The van der Waals surface area contributed by atoms with Crippen molar-refractivity contribution in [3.63, 3.8) is 0 Å². The largest absolute Gasteiger partial charge is 0.508 e. The summed E-state index contributed by atoms with van der Waals surface area (Å²) in [5.74, 6) is -0.172. The number of para-hydroxylation sites is 2. The van der Waals surface area contributed by atoms with Gasteiger partial charge in [-0.25, -0.2) is 0 Å². The van der Waals surface area contributed by atoms with Crippen LogP contribution in [0.25, 0.3) is 0 Å². The zero-order valence-electron chi connectivity index (χ0n) is 22.4.